The van der Waals surface area contributed by atoms with Crippen molar-refractivity contribution < 1.29 is 18.3 Å². The Labute approximate surface area is 138 Å². The molecule has 0 bridgehead atoms. The number of carboxylic acids is 1. The van der Waals surface area contributed by atoms with Gasteiger partial charge in [-0.2, -0.15) is 4.31 Å². The maximum absolute atomic E-state index is 13.1. The molecule has 1 heterocycles. The number of piperidine rings is 1. The van der Waals surface area contributed by atoms with Crippen LogP contribution in [0, 0.1) is 20.8 Å². The summed E-state index contributed by atoms with van der Waals surface area (Å²) < 4.78 is 27.7. The summed E-state index contributed by atoms with van der Waals surface area (Å²) in [5.41, 5.74) is 2.77. The van der Waals surface area contributed by atoms with Crippen molar-refractivity contribution in [3.05, 3.63) is 28.8 Å². The van der Waals surface area contributed by atoms with E-state index in [0.29, 0.717) is 17.9 Å². The molecule has 0 saturated carbocycles. The Morgan fingerprint density at radius 1 is 1.17 bits per heavy atom. The molecule has 1 aromatic rings. The summed E-state index contributed by atoms with van der Waals surface area (Å²) in [6.45, 7) is 6.16. The van der Waals surface area contributed by atoms with Crippen LogP contribution in [0.25, 0.3) is 0 Å². The van der Waals surface area contributed by atoms with Gasteiger partial charge in [-0.15, -0.1) is 0 Å². The first-order valence-electron chi connectivity index (χ1n) is 8.05. The third-order valence-corrected chi connectivity index (χ3v) is 6.74. The van der Waals surface area contributed by atoms with Gasteiger partial charge in [-0.1, -0.05) is 12.5 Å². The fourth-order valence-electron chi connectivity index (χ4n) is 3.21. The molecule has 1 atom stereocenters. The number of benzene rings is 1. The normalized spacial score (nSPS) is 19.7. The molecule has 1 saturated heterocycles. The molecule has 0 aromatic heterocycles. The molecule has 128 valence electrons. The minimum Gasteiger partial charge on any atom is -0.481 e. The number of hydrogen-bond acceptors (Lipinski definition) is 3. The van der Waals surface area contributed by atoms with E-state index in [9.17, 15) is 13.2 Å². The van der Waals surface area contributed by atoms with E-state index < -0.39 is 16.0 Å². The van der Waals surface area contributed by atoms with Crippen molar-refractivity contribution in [2.24, 2.45) is 0 Å². The molecule has 1 aliphatic rings. The molecule has 1 unspecified atom stereocenters. The molecule has 0 aliphatic carbocycles. The molecule has 1 aromatic carbocycles. The Bertz CT molecular complexity index is 697. The number of hydrogen-bond donors (Lipinski definition) is 1. The van der Waals surface area contributed by atoms with Crippen LogP contribution >= 0.6 is 0 Å². The molecule has 1 fully saturated rings. The van der Waals surface area contributed by atoms with E-state index >= 15 is 0 Å². The van der Waals surface area contributed by atoms with Crippen LogP contribution in [0.1, 0.15) is 48.8 Å². The smallest absolute Gasteiger partial charge is 0.303 e. The maximum atomic E-state index is 13.1. The lowest BCUT2D eigenvalue weighted by molar-refractivity contribution is -0.137. The number of aryl methyl sites for hydroxylation is 3. The van der Waals surface area contributed by atoms with Gasteiger partial charge in [-0.25, -0.2) is 8.42 Å². The second-order valence-electron chi connectivity index (χ2n) is 6.40. The number of carboxylic acid groups (broad SMARTS) is 1. The van der Waals surface area contributed by atoms with Crippen LogP contribution in [0.4, 0.5) is 0 Å². The van der Waals surface area contributed by atoms with Gasteiger partial charge >= 0.3 is 5.97 Å². The Kier molecular flexibility index (Phi) is 5.47. The predicted octanol–water partition coefficient (Wildman–Crippen LogP) is 3.02. The molecular formula is C17H25NO4S. The zero-order valence-corrected chi connectivity index (χ0v) is 14.8. The first-order chi connectivity index (χ1) is 10.7. The lowest BCUT2D eigenvalue weighted by Crippen LogP contribution is -2.44. The number of aliphatic carboxylic acids is 1. The zero-order valence-electron chi connectivity index (χ0n) is 14.0. The van der Waals surface area contributed by atoms with E-state index in [4.69, 9.17) is 5.11 Å². The molecule has 6 heteroatoms. The number of rotatable bonds is 5. The highest BCUT2D eigenvalue weighted by Crippen LogP contribution is 2.30. The van der Waals surface area contributed by atoms with Crippen molar-refractivity contribution in [1.82, 2.24) is 4.31 Å². The lowest BCUT2D eigenvalue weighted by atomic mass is 10.0. The van der Waals surface area contributed by atoms with Gasteiger partial charge in [0, 0.05) is 19.0 Å². The molecule has 0 spiro atoms. The van der Waals surface area contributed by atoms with Crippen molar-refractivity contribution in [3.63, 3.8) is 0 Å². The highest BCUT2D eigenvalue weighted by Gasteiger charge is 2.34. The van der Waals surface area contributed by atoms with Crippen LogP contribution in [0.2, 0.25) is 0 Å². The monoisotopic (exact) mass is 339 g/mol. The first kappa shape index (κ1) is 17.9. The first-order valence-corrected chi connectivity index (χ1v) is 9.49. The summed E-state index contributed by atoms with van der Waals surface area (Å²) in [5.74, 6) is -0.879. The fourth-order valence-corrected chi connectivity index (χ4v) is 5.22. The lowest BCUT2D eigenvalue weighted by Gasteiger charge is -2.35. The Morgan fingerprint density at radius 3 is 2.48 bits per heavy atom. The van der Waals surface area contributed by atoms with Crippen LogP contribution in [-0.4, -0.2) is 36.4 Å². The minimum atomic E-state index is -3.59. The standard InChI is InChI=1S/C17H25NO4S/c1-12-10-14(3)16(11-13(12)2)23(21,22)18-9-5-4-6-15(18)7-8-17(19)20/h10-11,15H,4-9H2,1-3H3,(H,19,20). The Morgan fingerprint density at radius 2 is 1.83 bits per heavy atom. The van der Waals surface area contributed by atoms with E-state index in [1.807, 2.05) is 26.8 Å². The maximum Gasteiger partial charge on any atom is 0.303 e. The van der Waals surface area contributed by atoms with Crippen molar-refractivity contribution in [2.75, 3.05) is 6.54 Å². The topological polar surface area (TPSA) is 74.7 Å². The molecule has 0 amide bonds. The second kappa shape index (κ2) is 7.01. The molecular weight excluding hydrogens is 314 g/mol. The van der Waals surface area contributed by atoms with Crippen molar-refractivity contribution in [3.8, 4) is 0 Å². The van der Waals surface area contributed by atoms with Gasteiger partial charge in [0.2, 0.25) is 10.0 Å². The van der Waals surface area contributed by atoms with Crippen molar-refractivity contribution in [2.45, 2.75) is 63.8 Å². The van der Waals surface area contributed by atoms with E-state index in [1.54, 1.807) is 6.07 Å². The third-order valence-electron chi connectivity index (χ3n) is 4.64. The highest BCUT2D eigenvalue weighted by atomic mass is 32.2. The van der Waals surface area contributed by atoms with Crippen LogP contribution in [0.5, 0.6) is 0 Å². The Hall–Kier alpha value is -1.40. The molecule has 1 N–H and O–H groups in total. The summed E-state index contributed by atoms with van der Waals surface area (Å²) in [6.07, 6.45) is 2.88. The number of carbonyl (C=O) groups is 1. The molecule has 5 nitrogen and oxygen atoms in total. The average Bonchev–Trinajstić information content (AvgIpc) is 2.49. The average molecular weight is 339 g/mol. The number of nitrogens with zero attached hydrogens (tertiary/aromatic N) is 1. The summed E-state index contributed by atoms with van der Waals surface area (Å²) >= 11 is 0. The summed E-state index contributed by atoms with van der Waals surface area (Å²) in [6, 6.07) is 3.42. The molecule has 0 radical (unpaired) electrons. The summed E-state index contributed by atoms with van der Waals surface area (Å²) in [5, 5.41) is 8.89. The fraction of sp³-hybridized carbons (Fsp3) is 0.588. The highest BCUT2D eigenvalue weighted by molar-refractivity contribution is 7.89. The van der Waals surface area contributed by atoms with Gasteiger partial charge in [0.1, 0.15) is 0 Å². The molecule has 1 aliphatic heterocycles. The largest absolute Gasteiger partial charge is 0.481 e. The van der Waals surface area contributed by atoms with Gasteiger partial charge in [-0.05, 0) is 62.8 Å². The third kappa shape index (κ3) is 3.93. The second-order valence-corrected chi connectivity index (χ2v) is 8.26. The minimum absolute atomic E-state index is 0.00257. The Balaban J connectivity index is 2.36. The van der Waals surface area contributed by atoms with Crippen molar-refractivity contribution in [1.29, 1.82) is 0 Å². The summed E-state index contributed by atoms with van der Waals surface area (Å²) in [4.78, 5) is 11.2. The van der Waals surface area contributed by atoms with E-state index in [2.05, 4.69) is 0 Å². The predicted molar refractivity (Wildman–Crippen MR) is 89.1 cm³/mol. The quantitative estimate of drug-likeness (QED) is 0.895. The molecule has 2 rings (SSSR count). The van der Waals surface area contributed by atoms with Gasteiger partial charge < -0.3 is 5.11 Å². The van der Waals surface area contributed by atoms with Gasteiger partial charge in [-0.3, -0.25) is 4.79 Å². The van der Waals surface area contributed by atoms with E-state index in [-0.39, 0.29) is 12.5 Å². The van der Waals surface area contributed by atoms with Crippen LogP contribution in [0.3, 0.4) is 0 Å². The summed E-state index contributed by atoms with van der Waals surface area (Å²) in [7, 11) is -3.59. The van der Waals surface area contributed by atoms with Gasteiger partial charge in [0.25, 0.3) is 0 Å². The number of sulfonamides is 1. The zero-order chi connectivity index (χ0) is 17.2. The van der Waals surface area contributed by atoms with Crippen LogP contribution in [-0.2, 0) is 14.8 Å². The van der Waals surface area contributed by atoms with Crippen LogP contribution < -0.4 is 0 Å². The SMILES string of the molecule is Cc1cc(C)c(S(=O)(=O)N2CCCCC2CCC(=O)O)cc1C. The van der Waals surface area contributed by atoms with Gasteiger partial charge in [0.15, 0.2) is 0 Å². The van der Waals surface area contributed by atoms with Crippen molar-refractivity contribution >= 4 is 16.0 Å². The van der Waals surface area contributed by atoms with E-state index in [1.165, 1.54) is 4.31 Å². The van der Waals surface area contributed by atoms with E-state index in [0.717, 1.165) is 36.0 Å². The van der Waals surface area contributed by atoms with Gasteiger partial charge in [0.05, 0.1) is 4.90 Å². The van der Waals surface area contributed by atoms with Crippen LogP contribution in [0.15, 0.2) is 17.0 Å². The molecule has 23 heavy (non-hydrogen) atoms.